The van der Waals surface area contributed by atoms with E-state index in [1.807, 2.05) is 6.07 Å². The van der Waals surface area contributed by atoms with Gasteiger partial charge in [-0.2, -0.15) is 13.2 Å². The van der Waals surface area contributed by atoms with E-state index < -0.39 is 17.3 Å². The fourth-order valence-corrected chi connectivity index (χ4v) is 5.17. The highest BCUT2D eigenvalue weighted by Crippen LogP contribution is 2.37. The van der Waals surface area contributed by atoms with Crippen LogP contribution < -0.4 is 0 Å². The molecule has 3 nitrogen and oxygen atoms in total. The van der Waals surface area contributed by atoms with Crippen LogP contribution in [0.25, 0.3) is 10.8 Å². The number of carbonyl (C=O) groups is 1. The minimum Gasteiger partial charge on any atom is -0.385 e. The second kappa shape index (κ2) is 8.17. The number of aryl methyl sites for hydroxylation is 2. The van der Waals surface area contributed by atoms with E-state index in [0.29, 0.717) is 13.1 Å². The molecule has 1 saturated heterocycles. The molecule has 0 spiro atoms. The molecule has 1 aliphatic carbocycles. The lowest BCUT2D eigenvalue weighted by Crippen LogP contribution is -2.45. The monoisotopic (exact) mass is 453 g/mol. The summed E-state index contributed by atoms with van der Waals surface area (Å²) in [6.45, 7) is 0.624. The third-order valence-corrected chi connectivity index (χ3v) is 7.14. The van der Waals surface area contributed by atoms with Crippen molar-refractivity contribution < 1.29 is 23.1 Å². The van der Waals surface area contributed by atoms with Crippen molar-refractivity contribution in [1.29, 1.82) is 0 Å². The van der Waals surface area contributed by atoms with Gasteiger partial charge >= 0.3 is 6.18 Å². The number of halogens is 3. The largest absolute Gasteiger partial charge is 0.416 e. The zero-order valence-corrected chi connectivity index (χ0v) is 18.3. The number of benzene rings is 3. The summed E-state index contributed by atoms with van der Waals surface area (Å²) in [4.78, 5) is 14.6. The topological polar surface area (TPSA) is 40.5 Å². The van der Waals surface area contributed by atoms with Crippen molar-refractivity contribution in [2.75, 3.05) is 13.1 Å². The lowest BCUT2D eigenvalue weighted by Gasteiger charge is -2.38. The van der Waals surface area contributed by atoms with Crippen molar-refractivity contribution >= 4 is 16.7 Å². The normalized spacial score (nSPS) is 17.9. The molecule has 1 N–H and O–H groups in total. The molecule has 3 aromatic carbocycles. The van der Waals surface area contributed by atoms with E-state index in [2.05, 4.69) is 24.3 Å². The Morgan fingerprint density at radius 3 is 2.33 bits per heavy atom. The van der Waals surface area contributed by atoms with E-state index in [0.717, 1.165) is 35.9 Å². The summed E-state index contributed by atoms with van der Waals surface area (Å²) < 4.78 is 39.2. The van der Waals surface area contributed by atoms with Gasteiger partial charge in [-0.25, -0.2) is 0 Å². The van der Waals surface area contributed by atoms with Crippen LogP contribution in [0.2, 0.25) is 0 Å². The van der Waals surface area contributed by atoms with Crippen LogP contribution in [0.3, 0.4) is 0 Å². The summed E-state index contributed by atoms with van der Waals surface area (Å²) in [5.74, 6) is -0.0263. The van der Waals surface area contributed by atoms with Crippen molar-refractivity contribution in [1.82, 2.24) is 4.90 Å². The highest BCUT2D eigenvalue weighted by atomic mass is 19.4. The third-order valence-electron chi connectivity index (χ3n) is 7.14. The molecule has 1 aliphatic heterocycles. The number of aliphatic hydroxyl groups is 1. The Hall–Kier alpha value is -2.86. The maximum Gasteiger partial charge on any atom is 0.416 e. The Labute approximate surface area is 190 Å². The number of fused-ring (bicyclic) bond motifs is 2. The molecular formula is C27H26F3NO2. The second-order valence-electron chi connectivity index (χ2n) is 9.32. The van der Waals surface area contributed by atoms with Gasteiger partial charge < -0.3 is 10.0 Å². The van der Waals surface area contributed by atoms with Gasteiger partial charge in [0, 0.05) is 13.1 Å². The molecule has 1 amide bonds. The molecule has 5 rings (SSSR count). The van der Waals surface area contributed by atoms with Crippen molar-refractivity contribution in [3.8, 4) is 0 Å². The predicted molar refractivity (Wildman–Crippen MR) is 121 cm³/mol. The highest BCUT2D eigenvalue weighted by Gasteiger charge is 2.37. The first-order chi connectivity index (χ1) is 15.7. The van der Waals surface area contributed by atoms with Gasteiger partial charge in [0.05, 0.1) is 17.6 Å². The first kappa shape index (κ1) is 22.0. The Morgan fingerprint density at radius 2 is 1.64 bits per heavy atom. The smallest absolute Gasteiger partial charge is 0.385 e. The molecule has 0 bridgehead atoms. The van der Waals surface area contributed by atoms with Crippen LogP contribution in [0.15, 0.2) is 54.6 Å². The van der Waals surface area contributed by atoms with Crippen LogP contribution in [0.1, 0.15) is 47.1 Å². The number of hydrogen-bond donors (Lipinski definition) is 1. The summed E-state index contributed by atoms with van der Waals surface area (Å²) in [7, 11) is 0. The summed E-state index contributed by atoms with van der Waals surface area (Å²) in [6.07, 6.45) is -0.324. The molecule has 3 aromatic rings. The van der Waals surface area contributed by atoms with E-state index in [9.17, 15) is 23.1 Å². The molecule has 1 fully saturated rings. The second-order valence-corrected chi connectivity index (χ2v) is 9.32. The molecule has 2 aliphatic rings. The first-order valence-corrected chi connectivity index (χ1v) is 11.4. The summed E-state index contributed by atoms with van der Waals surface area (Å²) >= 11 is 0. The zero-order valence-electron chi connectivity index (χ0n) is 18.3. The zero-order chi connectivity index (χ0) is 23.2. The van der Waals surface area contributed by atoms with Gasteiger partial charge in [0.15, 0.2) is 0 Å². The molecule has 0 unspecified atom stereocenters. The van der Waals surface area contributed by atoms with Crippen molar-refractivity contribution in [3.05, 3.63) is 82.4 Å². The van der Waals surface area contributed by atoms with Crippen LogP contribution in [0.5, 0.6) is 0 Å². The number of hydrogen-bond acceptors (Lipinski definition) is 2. The van der Waals surface area contributed by atoms with E-state index in [-0.39, 0.29) is 30.7 Å². The predicted octanol–water partition coefficient (Wildman–Crippen LogP) is 5.40. The fourth-order valence-electron chi connectivity index (χ4n) is 5.17. The SMILES string of the molecule is O=C(Cc1ccc2cc3c(cc2c1)CCC3)N1CCC(O)(c2cccc(C(F)(F)F)c2)CC1. The summed E-state index contributed by atoms with van der Waals surface area (Å²) in [6, 6.07) is 15.5. The van der Waals surface area contributed by atoms with Gasteiger partial charge in [0.2, 0.25) is 5.91 Å². The number of alkyl halides is 3. The van der Waals surface area contributed by atoms with E-state index in [4.69, 9.17) is 0 Å². The van der Waals surface area contributed by atoms with Crippen molar-refractivity contribution in [2.45, 2.75) is 50.3 Å². The fraction of sp³-hybridized carbons (Fsp3) is 0.370. The lowest BCUT2D eigenvalue weighted by atomic mass is 9.83. The lowest BCUT2D eigenvalue weighted by molar-refractivity contribution is -0.137. The van der Waals surface area contributed by atoms with Gasteiger partial charge in [0.25, 0.3) is 0 Å². The molecule has 6 heteroatoms. The van der Waals surface area contributed by atoms with Gasteiger partial charge in [-0.1, -0.05) is 42.5 Å². The number of rotatable bonds is 3. The maximum atomic E-state index is 13.1. The van der Waals surface area contributed by atoms with Crippen LogP contribution in [0.4, 0.5) is 13.2 Å². The Morgan fingerprint density at radius 1 is 0.939 bits per heavy atom. The standard InChI is InChI=1S/C27H26F3NO2/c28-27(29,30)24-6-2-5-23(17-24)26(33)9-11-31(12-10-26)25(32)14-18-7-8-21-15-19-3-1-4-20(19)16-22(21)13-18/h2,5-8,13,15-17,33H,1,3-4,9-12,14H2. The minimum atomic E-state index is -4.46. The van der Waals surface area contributed by atoms with Gasteiger partial charge in [-0.05, 0) is 77.3 Å². The van der Waals surface area contributed by atoms with Gasteiger partial charge in [-0.15, -0.1) is 0 Å². The quantitative estimate of drug-likeness (QED) is 0.577. The first-order valence-electron chi connectivity index (χ1n) is 11.4. The Balaban J connectivity index is 1.26. The van der Waals surface area contributed by atoms with Crippen molar-refractivity contribution in [2.24, 2.45) is 0 Å². The Kier molecular flexibility index (Phi) is 5.44. The van der Waals surface area contributed by atoms with Crippen molar-refractivity contribution in [3.63, 3.8) is 0 Å². The van der Waals surface area contributed by atoms with Crippen LogP contribution in [-0.2, 0) is 35.8 Å². The number of carbonyl (C=O) groups excluding carboxylic acids is 1. The molecule has 0 saturated carbocycles. The van der Waals surface area contributed by atoms with Gasteiger partial charge in [0.1, 0.15) is 0 Å². The van der Waals surface area contributed by atoms with E-state index in [1.54, 1.807) is 4.90 Å². The number of likely N-dealkylation sites (tertiary alicyclic amines) is 1. The molecule has 0 radical (unpaired) electrons. The van der Waals surface area contributed by atoms with E-state index >= 15 is 0 Å². The van der Waals surface area contributed by atoms with E-state index in [1.165, 1.54) is 35.1 Å². The van der Waals surface area contributed by atoms with Crippen LogP contribution >= 0.6 is 0 Å². The summed E-state index contributed by atoms with van der Waals surface area (Å²) in [5.41, 5.74) is 1.90. The summed E-state index contributed by atoms with van der Waals surface area (Å²) in [5, 5.41) is 13.4. The molecule has 33 heavy (non-hydrogen) atoms. The average Bonchev–Trinajstić information content (AvgIpc) is 3.25. The molecule has 172 valence electrons. The Bertz CT molecular complexity index is 1210. The van der Waals surface area contributed by atoms with Gasteiger partial charge in [-0.3, -0.25) is 4.79 Å². The molecular weight excluding hydrogens is 427 g/mol. The molecule has 1 heterocycles. The molecule has 0 atom stereocenters. The highest BCUT2D eigenvalue weighted by molar-refractivity contribution is 5.87. The van der Waals surface area contributed by atoms with Crippen LogP contribution in [0, 0.1) is 0 Å². The maximum absolute atomic E-state index is 13.1. The number of nitrogens with zero attached hydrogens (tertiary/aromatic N) is 1. The number of amides is 1. The number of piperidine rings is 1. The molecule has 0 aromatic heterocycles. The van der Waals surface area contributed by atoms with Crippen LogP contribution in [-0.4, -0.2) is 29.0 Å². The third kappa shape index (κ3) is 4.36. The minimum absolute atomic E-state index is 0.0263. The average molecular weight is 454 g/mol.